The van der Waals surface area contributed by atoms with Crippen LogP contribution in [0.4, 0.5) is 0 Å². The minimum atomic E-state index is -4.40. The third kappa shape index (κ3) is 33.9. The van der Waals surface area contributed by atoms with Crippen LogP contribution in [0, 0.1) is 0 Å². The smallest absolute Gasteiger partial charge is 0.463 e. The second kappa shape index (κ2) is 32.7. The summed E-state index contributed by atoms with van der Waals surface area (Å²) in [6.07, 6.45) is 30.0. The molecule has 0 heterocycles. The molecular weight excluding hydrogens is 593 g/mol. The largest absolute Gasteiger partial charge is 0.472 e. The number of phosphoric acid groups is 1. The number of allylic oxidation sites excluding steroid dienone is 2. The third-order valence-corrected chi connectivity index (χ3v) is 8.66. The standard InChI is InChI=1S/C35H68NO8P/c1-3-5-7-9-11-13-15-16-17-18-20-22-24-26-28-35(39)42-31-33(37)32-44-45(40,41)43-30-29-36-34(38)27-25-23-21-19-14-12-10-8-6-4-2/h8,10,33,37H,3-7,9,11-32H2,1-2H3,(H,36,38)(H,40,41)/b10-8-. The minimum absolute atomic E-state index is 0.0796. The van der Waals surface area contributed by atoms with Gasteiger partial charge in [-0.25, -0.2) is 4.57 Å². The number of esters is 1. The van der Waals surface area contributed by atoms with E-state index in [1.165, 1.54) is 83.5 Å². The van der Waals surface area contributed by atoms with E-state index in [4.69, 9.17) is 13.8 Å². The Morgan fingerprint density at radius 2 is 1.18 bits per heavy atom. The molecule has 45 heavy (non-hydrogen) atoms. The van der Waals surface area contributed by atoms with Crippen molar-refractivity contribution in [1.82, 2.24) is 5.32 Å². The Kier molecular flexibility index (Phi) is 31.8. The highest BCUT2D eigenvalue weighted by Gasteiger charge is 2.23. The number of nitrogens with one attached hydrogen (secondary N) is 1. The van der Waals surface area contributed by atoms with E-state index in [0.717, 1.165) is 57.8 Å². The fourth-order valence-corrected chi connectivity index (χ4v) is 5.67. The van der Waals surface area contributed by atoms with Crippen LogP contribution in [0.3, 0.4) is 0 Å². The third-order valence-electron chi connectivity index (χ3n) is 7.68. The van der Waals surface area contributed by atoms with Crippen LogP contribution in [0.25, 0.3) is 0 Å². The quantitative estimate of drug-likeness (QED) is 0.0269. The number of aliphatic hydroxyl groups is 1. The maximum Gasteiger partial charge on any atom is 0.472 e. The lowest BCUT2D eigenvalue weighted by Crippen LogP contribution is -2.27. The number of ether oxygens (including phenoxy) is 1. The second-order valence-electron chi connectivity index (χ2n) is 12.2. The molecule has 0 aliphatic carbocycles. The van der Waals surface area contributed by atoms with E-state index in [-0.39, 0.29) is 32.1 Å². The van der Waals surface area contributed by atoms with Crippen LogP contribution in [0.15, 0.2) is 12.2 Å². The molecule has 0 aliphatic heterocycles. The van der Waals surface area contributed by atoms with Crippen LogP contribution in [0.2, 0.25) is 0 Å². The van der Waals surface area contributed by atoms with E-state index in [0.29, 0.717) is 6.42 Å². The van der Waals surface area contributed by atoms with Crippen molar-refractivity contribution in [3.8, 4) is 0 Å². The molecule has 0 radical (unpaired) electrons. The van der Waals surface area contributed by atoms with Gasteiger partial charge in [-0.05, 0) is 32.1 Å². The maximum absolute atomic E-state index is 12.0. The highest BCUT2D eigenvalue weighted by molar-refractivity contribution is 7.47. The molecule has 0 aromatic carbocycles. The predicted molar refractivity (Wildman–Crippen MR) is 183 cm³/mol. The lowest BCUT2D eigenvalue weighted by molar-refractivity contribution is -0.147. The summed E-state index contributed by atoms with van der Waals surface area (Å²) in [7, 11) is -4.40. The van der Waals surface area contributed by atoms with E-state index in [9.17, 15) is 24.2 Å². The Morgan fingerprint density at radius 3 is 1.76 bits per heavy atom. The van der Waals surface area contributed by atoms with Crippen molar-refractivity contribution in [3.05, 3.63) is 12.2 Å². The summed E-state index contributed by atoms with van der Waals surface area (Å²) < 4.78 is 26.7. The molecule has 9 nitrogen and oxygen atoms in total. The first kappa shape index (κ1) is 43.8. The van der Waals surface area contributed by atoms with Crippen LogP contribution in [0.5, 0.6) is 0 Å². The molecule has 266 valence electrons. The van der Waals surface area contributed by atoms with Gasteiger partial charge < -0.3 is 20.1 Å². The van der Waals surface area contributed by atoms with Crippen molar-refractivity contribution in [1.29, 1.82) is 0 Å². The average Bonchev–Trinajstić information content (AvgIpc) is 3.02. The molecule has 0 saturated heterocycles. The van der Waals surface area contributed by atoms with Gasteiger partial charge in [0.25, 0.3) is 0 Å². The molecule has 0 saturated carbocycles. The van der Waals surface area contributed by atoms with Crippen molar-refractivity contribution >= 4 is 19.7 Å². The van der Waals surface area contributed by atoms with Crippen LogP contribution < -0.4 is 5.32 Å². The van der Waals surface area contributed by atoms with E-state index in [1.54, 1.807) is 0 Å². The van der Waals surface area contributed by atoms with Crippen LogP contribution >= 0.6 is 7.82 Å². The van der Waals surface area contributed by atoms with Gasteiger partial charge in [0.15, 0.2) is 0 Å². The normalized spacial score (nSPS) is 13.6. The van der Waals surface area contributed by atoms with Crippen LogP contribution in [-0.2, 0) is 27.9 Å². The number of amides is 1. The SMILES string of the molecule is CCC/C=C\CCCCCCCC(=O)NCCOP(=O)(O)OCC(O)COC(=O)CCCCCCCCCCCCCCCC. The first-order valence-electron chi connectivity index (χ1n) is 18.2. The van der Waals surface area contributed by atoms with Gasteiger partial charge in [-0.2, -0.15) is 0 Å². The molecule has 0 bridgehead atoms. The molecule has 2 atom stereocenters. The highest BCUT2D eigenvalue weighted by Crippen LogP contribution is 2.42. The average molecular weight is 662 g/mol. The van der Waals surface area contributed by atoms with E-state index in [1.807, 2.05) is 0 Å². The molecule has 10 heteroatoms. The topological polar surface area (TPSA) is 131 Å². The number of carbonyl (C=O) groups excluding carboxylic acids is 2. The molecule has 0 rings (SSSR count). The van der Waals surface area contributed by atoms with Gasteiger partial charge in [0.05, 0.1) is 13.2 Å². The predicted octanol–water partition coefficient (Wildman–Crippen LogP) is 9.10. The zero-order chi connectivity index (χ0) is 33.3. The molecule has 2 unspecified atom stereocenters. The Morgan fingerprint density at radius 1 is 0.667 bits per heavy atom. The molecule has 0 fully saturated rings. The second-order valence-corrected chi connectivity index (χ2v) is 13.7. The molecule has 0 aromatic rings. The summed E-state index contributed by atoms with van der Waals surface area (Å²) in [5, 5.41) is 12.6. The molecule has 0 aromatic heterocycles. The first-order valence-corrected chi connectivity index (χ1v) is 19.7. The summed E-state index contributed by atoms with van der Waals surface area (Å²) in [6, 6.07) is 0. The zero-order valence-corrected chi connectivity index (χ0v) is 29.7. The molecule has 1 amide bonds. The van der Waals surface area contributed by atoms with E-state index in [2.05, 4.69) is 31.3 Å². The van der Waals surface area contributed by atoms with Crippen molar-refractivity contribution in [2.75, 3.05) is 26.4 Å². The van der Waals surface area contributed by atoms with E-state index < -0.39 is 26.5 Å². The number of aliphatic hydroxyl groups excluding tert-OH is 1. The van der Waals surface area contributed by atoms with Gasteiger partial charge in [-0.1, -0.05) is 135 Å². The van der Waals surface area contributed by atoms with Gasteiger partial charge in [-0.3, -0.25) is 18.6 Å². The summed E-state index contributed by atoms with van der Waals surface area (Å²) >= 11 is 0. The van der Waals surface area contributed by atoms with Crippen molar-refractivity contribution < 1.29 is 37.9 Å². The van der Waals surface area contributed by atoms with Crippen molar-refractivity contribution in [3.63, 3.8) is 0 Å². The lowest BCUT2D eigenvalue weighted by Gasteiger charge is -2.15. The maximum atomic E-state index is 12.0. The number of hydrogen-bond acceptors (Lipinski definition) is 7. The zero-order valence-electron chi connectivity index (χ0n) is 28.8. The Labute approximate surface area is 275 Å². The van der Waals surface area contributed by atoms with Crippen LogP contribution in [-0.4, -0.2) is 54.3 Å². The van der Waals surface area contributed by atoms with Gasteiger partial charge >= 0.3 is 13.8 Å². The highest BCUT2D eigenvalue weighted by atomic mass is 31.2. The number of rotatable bonds is 34. The fourth-order valence-electron chi connectivity index (χ4n) is 4.91. The summed E-state index contributed by atoms with van der Waals surface area (Å²) in [5.74, 6) is -0.525. The van der Waals surface area contributed by atoms with Gasteiger partial charge in [-0.15, -0.1) is 0 Å². The Hall–Kier alpha value is -1.25. The summed E-state index contributed by atoms with van der Waals surface area (Å²) in [6.45, 7) is 3.47. The number of hydrogen-bond donors (Lipinski definition) is 3. The van der Waals surface area contributed by atoms with Gasteiger partial charge in [0.1, 0.15) is 12.7 Å². The number of unbranched alkanes of at least 4 members (excludes halogenated alkanes) is 19. The molecule has 3 N–H and O–H groups in total. The number of phosphoric ester groups is 1. The summed E-state index contributed by atoms with van der Waals surface area (Å²) in [4.78, 5) is 33.6. The first-order chi connectivity index (χ1) is 21.8. The lowest BCUT2D eigenvalue weighted by atomic mass is 10.0. The minimum Gasteiger partial charge on any atom is -0.463 e. The van der Waals surface area contributed by atoms with Gasteiger partial charge in [0, 0.05) is 19.4 Å². The molecular formula is C35H68NO8P. The Bertz CT molecular complexity index is 764. The number of carbonyl (C=O) groups is 2. The monoisotopic (exact) mass is 661 g/mol. The fraction of sp³-hybridized carbons (Fsp3) is 0.886. The van der Waals surface area contributed by atoms with Crippen molar-refractivity contribution in [2.24, 2.45) is 0 Å². The van der Waals surface area contributed by atoms with Crippen molar-refractivity contribution in [2.45, 2.75) is 174 Å². The summed E-state index contributed by atoms with van der Waals surface area (Å²) in [5.41, 5.74) is 0. The van der Waals surface area contributed by atoms with E-state index >= 15 is 0 Å². The Balaban J connectivity index is 3.62. The van der Waals surface area contributed by atoms with Gasteiger partial charge in [0.2, 0.25) is 5.91 Å². The van der Waals surface area contributed by atoms with Crippen LogP contribution in [0.1, 0.15) is 168 Å². The molecule has 0 aliphatic rings. The molecule has 0 spiro atoms.